The maximum Gasteiger partial charge on any atom is 0.147 e. The van der Waals surface area contributed by atoms with Gasteiger partial charge in [0.2, 0.25) is 0 Å². The van der Waals surface area contributed by atoms with Crippen LogP contribution in [-0.4, -0.2) is 33.0 Å². The number of halogens is 1. The molecule has 0 aliphatic carbocycles. The highest BCUT2D eigenvalue weighted by Gasteiger charge is 2.13. The van der Waals surface area contributed by atoms with Gasteiger partial charge in [-0.3, -0.25) is 0 Å². The lowest BCUT2D eigenvalue weighted by Gasteiger charge is -2.18. The van der Waals surface area contributed by atoms with Crippen molar-refractivity contribution in [3.05, 3.63) is 34.3 Å². The molecule has 1 atom stereocenters. The van der Waals surface area contributed by atoms with Gasteiger partial charge in [0.25, 0.3) is 0 Å². The van der Waals surface area contributed by atoms with E-state index < -0.39 is 9.84 Å². The van der Waals surface area contributed by atoms with E-state index in [9.17, 15) is 8.42 Å². The second-order valence-electron chi connectivity index (χ2n) is 4.47. The molecule has 1 unspecified atom stereocenters. The molecule has 1 rings (SSSR count). The van der Waals surface area contributed by atoms with E-state index in [-0.39, 0.29) is 11.8 Å². The summed E-state index contributed by atoms with van der Waals surface area (Å²) in [5.74, 6) is 0.231. The average Bonchev–Trinajstić information content (AvgIpc) is 2.28. The monoisotopic (exact) mass is 333 g/mol. The molecule has 0 radical (unpaired) electrons. The van der Waals surface area contributed by atoms with E-state index in [4.69, 9.17) is 0 Å². The fourth-order valence-corrected chi connectivity index (χ4v) is 3.01. The average molecular weight is 334 g/mol. The highest BCUT2D eigenvalue weighted by Crippen LogP contribution is 2.18. The third-order valence-corrected chi connectivity index (χ3v) is 4.50. The Labute approximate surface area is 118 Å². The first-order valence-corrected chi connectivity index (χ1v) is 8.92. The Morgan fingerprint density at radius 2 is 2.00 bits per heavy atom. The minimum absolute atomic E-state index is 0.198. The fraction of sp³-hybridized carbons (Fsp3) is 0.538. The van der Waals surface area contributed by atoms with Crippen molar-refractivity contribution in [2.45, 2.75) is 25.8 Å². The van der Waals surface area contributed by atoms with Crippen LogP contribution in [0.4, 0.5) is 0 Å². The number of nitrogens with one attached hydrogen (secondary N) is 1. The maximum atomic E-state index is 11.2. The topological polar surface area (TPSA) is 46.2 Å². The van der Waals surface area contributed by atoms with E-state index in [0.29, 0.717) is 6.42 Å². The third-order valence-electron chi connectivity index (χ3n) is 2.75. The minimum atomic E-state index is -2.89. The van der Waals surface area contributed by atoms with Crippen molar-refractivity contribution in [3.8, 4) is 0 Å². The number of benzene rings is 1. The summed E-state index contributed by atoms with van der Waals surface area (Å²) in [5, 5.41) is 3.35. The summed E-state index contributed by atoms with van der Waals surface area (Å²) in [6.07, 6.45) is 2.77. The summed E-state index contributed by atoms with van der Waals surface area (Å²) in [4.78, 5) is 0. The van der Waals surface area contributed by atoms with Gasteiger partial charge in [0.05, 0.1) is 5.75 Å². The van der Waals surface area contributed by atoms with Crippen LogP contribution in [0.15, 0.2) is 28.7 Å². The lowest BCUT2D eigenvalue weighted by Crippen LogP contribution is -2.33. The Bertz CT molecular complexity index is 474. The van der Waals surface area contributed by atoms with Gasteiger partial charge in [0.15, 0.2) is 0 Å². The SMILES string of the molecule is CCNC(CCS(C)(=O)=O)Cc1ccccc1Br. The van der Waals surface area contributed by atoms with Gasteiger partial charge in [-0.15, -0.1) is 0 Å². The number of hydrogen-bond donors (Lipinski definition) is 1. The van der Waals surface area contributed by atoms with E-state index in [1.54, 1.807) is 0 Å². The number of sulfone groups is 1. The number of likely N-dealkylation sites (N-methyl/N-ethyl adjacent to an activating group) is 1. The Hall–Kier alpha value is -0.390. The molecule has 1 N–H and O–H groups in total. The Morgan fingerprint density at radius 1 is 1.33 bits per heavy atom. The standard InChI is InChI=1S/C13H20BrNO2S/c1-3-15-12(8-9-18(2,16)17)10-11-6-4-5-7-13(11)14/h4-7,12,15H,3,8-10H2,1-2H3. The van der Waals surface area contributed by atoms with Crippen LogP contribution in [0.25, 0.3) is 0 Å². The van der Waals surface area contributed by atoms with E-state index in [1.807, 2.05) is 25.1 Å². The smallest absolute Gasteiger partial charge is 0.147 e. The molecule has 102 valence electrons. The highest BCUT2D eigenvalue weighted by atomic mass is 79.9. The Kier molecular flexibility index (Phi) is 6.32. The first kappa shape index (κ1) is 15.7. The first-order chi connectivity index (χ1) is 8.42. The van der Waals surface area contributed by atoms with Crippen LogP contribution in [0.5, 0.6) is 0 Å². The van der Waals surface area contributed by atoms with Crippen molar-refractivity contribution in [2.75, 3.05) is 18.6 Å². The maximum absolute atomic E-state index is 11.2. The molecule has 0 amide bonds. The van der Waals surface area contributed by atoms with Crippen LogP contribution in [0.1, 0.15) is 18.9 Å². The summed E-state index contributed by atoms with van der Waals surface area (Å²) in [6.45, 7) is 2.88. The second kappa shape index (κ2) is 7.26. The summed E-state index contributed by atoms with van der Waals surface area (Å²) < 4.78 is 23.5. The summed E-state index contributed by atoms with van der Waals surface area (Å²) >= 11 is 3.52. The molecule has 5 heteroatoms. The van der Waals surface area contributed by atoms with Crippen molar-refractivity contribution in [1.29, 1.82) is 0 Å². The molecule has 18 heavy (non-hydrogen) atoms. The van der Waals surface area contributed by atoms with Crippen LogP contribution in [0.2, 0.25) is 0 Å². The van der Waals surface area contributed by atoms with Gasteiger partial charge in [-0.25, -0.2) is 8.42 Å². The summed E-state index contributed by atoms with van der Waals surface area (Å²) in [5.41, 5.74) is 1.21. The lowest BCUT2D eigenvalue weighted by atomic mass is 10.0. The highest BCUT2D eigenvalue weighted by molar-refractivity contribution is 9.10. The Morgan fingerprint density at radius 3 is 2.56 bits per heavy atom. The molecule has 0 fully saturated rings. The largest absolute Gasteiger partial charge is 0.314 e. The molecule has 1 aromatic carbocycles. The van der Waals surface area contributed by atoms with Gasteiger partial charge in [0.1, 0.15) is 9.84 Å². The molecule has 0 aromatic heterocycles. The van der Waals surface area contributed by atoms with Crippen molar-refractivity contribution in [3.63, 3.8) is 0 Å². The predicted molar refractivity (Wildman–Crippen MR) is 79.6 cm³/mol. The van der Waals surface area contributed by atoms with Gasteiger partial charge in [-0.2, -0.15) is 0 Å². The van der Waals surface area contributed by atoms with Crippen molar-refractivity contribution in [2.24, 2.45) is 0 Å². The number of rotatable bonds is 7. The van der Waals surface area contributed by atoms with Crippen LogP contribution in [-0.2, 0) is 16.3 Å². The molecule has 0 saturated carbocycles. The molecule has 0 spiro atoms. The van der Waals surface area contributed by atoms with Gasteiger partial charge in [0, 0.05) is 16.8 Å². The summed E-state index contributed by atoms with van der Waals surface area (Å²) in [6, 6.07) is 8.25. The van der Waals surface area contributed by atoms with Crippen LogP contribution in [0, 0.1) is 0 Å². The van der Waals surface area contributed by atoms with E-state index >= 15 is 0 Å². The zero-order chi connectivity index (χ0) is 13.6. The van der Waals surface area contributed by atoms with E-state index in [1.165, 1.54) is 11.8 Å². The second-order valence-corrected chi connectivity index (χ2v) is 7.58. The van der Waals surface area contributed by atoms with Gasteiger partial charge >= 0.3 is 0 Å². The van der Waals surface area contributed by atoms with Crippen LogP contribution < -0.4 is 5.32 Å². The Balaban J connectivity index is 2.66. The molecular formula is C13H20BrNO2S. The van der Waals surface area contributed by atoms with Gasteiger partial charge in [-0.05, 0) is 31.0 Å². The van der Waals surface area contributed by atoms with Gasteiger partial charge in [-0.1, -0.05) is 41.1 Å². The normalized spacial score (nSPS) is 13.5. The molecule has 3 nitrogen and oxygen atoms in total. The molecular weight excluding hydrogens is 314 g/mol. The first-order valence-electron chi connectivity index (χ1n) is 6.07. The minimum Gasteiger partial charge on any atom is -0.314 e. The molecule has 0 aliphatic rings. The van der Waals surface area contributed by atoms with Crippen LogP contribution >= 0.6 is 15.9 Å². The molecule has 0 aliphatic heterocycles. The molecule has 0 heterocycles. The van der Waals surface area contributed by atoms with E-state index in [0.717, 1.165) is 17.4 Å². The summed E-state index contributed by atoms with van der Waals surface area (Å²) in [7, 11) is -2.89. The lowest BCUT2D eigenvalue weighted by molar-refractivity contribution is 0.505. The molecule has 1 aromatic rings. The van der Waals surface area contributed by atoms with Crippen molar-refractivity contribution >= 4 is 25.8 Å². The van der Waals surface area contributed by atoms with Gasteiger partial charge < -0.3 is 5.32 Å². The number of hydrogen-bond acceptors (Lipinski definition) is 3. The zero-order valence-electron chi connectivity index (χ0n) is 10.8. The predicted octanol–water partition coefficient (Wildman–Crippen LogP) is 2.40. The van der Waals surface area contributed by atoms with Crippen LogP contribution in [0.3, 0.4) is 0 Å². The zero-order valence-corrected chi connectivity index (χ0v) is 13.2. The van der Waals surface area contributed by atoms with E-state index in [2.05, 4.69) is 27.3 Å². The van der Waals surface area contributed by atoms with Crippen molar-refractivity contribution in [1.82, 2.24) is 5.32 Å². The fourth-order valence-electron chi connectivity index (χ4n) is 1.85. The molecule has 0 saturated heterocycles. The molecule has 0 bridgehead atoms. The quantitative estimate of drug-likeness (QED) is 0.833. The third kappa shape index (κ3) is 5.98. The van der Waals surface area contributed by atoms with Crippen molar-refractivity contribution < 1.29 is 8.42 Å².